The molecule has 7 nitrogen and oxygen atoms in total. The number of H-pyrrole nitrogens is 1. The van der Waals surface area contributed by atoms with Crippen LogP contribution in [0.25, 0.3) is 0 Å². The monoisotopic (exact) mass is 221 g/mol. The summed E-state index contributed by atoms with van der Waals surface area (Å²) in [6.07, 6.45) is 2.28. The van der Waals surface area contributed by atoms with Gasteiger partial charge in [-0.3, -0.25) is 4.79 Å². The Bertz CT molecular complexity index is 462. The van der Waals surface area contributed by atoms with Gasteiger partial charge in [-0.25, -0.2) is 0 Å². The van der Waals surface area contributed by atoms with Crippen LogP contribution >= 0.6 is 0 Å². The van der Waals surface area contributed by atoms with Crippen molar-refractivity contribution in [1.29, 1.82) is 0 Å². The van der Waals surface area contributed by atoms with Crippen molar-refractivity contribution in [3.8, 4) is 0 Å². The van der Waals surface area contributed by atoms with Gasteiger partial charge in [0.15, 0.2) is 5.82 Å². The average molecular weight is 221 g/mol. The first-order chi connectivity index (χ1) is 7.74. The topological polar surface area (TPSA) is 96.7 Å². The highest BCUT2D eigenvalue weighted by molar-refractivity contribution is 5.89. The summed E-state index contributed by atoms with van der Waals surface area (Å²) in [5.74, 6) is 0.981. The predicted molar refractivity (Wildman–Crippen MR) is 54.6 cm³/mol. The van der Waals surface area contributed by atoms with E-state index in [4.69, 9.17) is 4.52 Å². The van der Waals surface area contributed by atoms with Crippen molar-refractivity contribution >= 4 is 11.7 Å². The van der Waals surface area contributed by atoms with Gasteiger partial charge in [0.2, 0.25) is 5.91 Å². The molecule has 16 heavy (non-hydrogen) atoms. The van der Waals surface area contributed by atoms with Crippen LogP contribution < -0.4 is 5.32 Å². The predicted octanol–water partition coefficient (Wildman–Crippen LogP) is 0.672. The number of nitrogens with one attached hydrogen (secondary N) is 2. The summed E-state index contributed by atoms with van der Waals surface area (Å²) in [5, 5.41) is 16.0. The molecule has 0 aliphatic heterocycles. The van der Waals surface area contributed by atoms with Crippen molar-refractivity contribution in [2.75, 3.05) is 5.32 Å². The van der Waals surface area contributed by atoms with Gasteiger partial charge in [-0.2, -0.15) is 10.3 Å². The van der Waals surface area contributed by atoms with Crippen LogP contribution in [-0.2, 0) is 11.2 Å². The normalized spacial score (nSPS) is 10.3. The summed E-state index contributed by atoms with van der Waals surface area (Å²) in [6.45, 7) is 1.84. The molecule has 0 aliphatic rings. The zero-order valence-electron chi connectivity index (χ0n) is 8.73. The van der Waals surface area contributed by atoms with Gasteiger partial charge in [-0.05, 0) is 6.92 Å². The number of nitrogens with zero attached hydrogens (tertiary/aromatic N) is 3. The first-order valence-electron chi connectivity index (χ1n) is 4.82. The molecular weight excluding hydrogens is 210 g/mol. The average Bonchev–Trinajstić information content (AvgIpc) is 2.87. The molecule has 0 aliphatic carbocycles. The third-order valence-corrected chi connectivity index (χ3v) is 1.96. The van der Waals surface area contributed by atoms with E-state index in [2.05, 4.69) is 25.9 Å². The van der Waals surface area contributed by atoms with Gasteiger partial charge in [0.25, 0.3) is 0 Å². The lowest BCUT2D eigenvalue weighted by atomic mass is 10.2. The van der Waals surface area contributed by atoms with Crippen LogP contribution in [0.2, 0.25) is 0 Å². The third-order valence-electron chi connectivity index (χ3n) is 1.96. The fourth-order valence-electron chi connectivity index (χ4n) is 1.24. The Labute approximate surface area is 91.2 Å². The zero-order valence-corrected chi connectivity index (χ0v) is 8.73. The van der Waals surface area contributed by atoms with Gasteiger partial charge in [0.1, 0.15) is 5.76 Å². The summed E-state index contributed by atoms with van der Waals surface area (Å²) in [5.41, 5.74) is 0.812. The Balaban J connectivity index is 1.80. The molecule has 7 heteroatoms. The van der Waals surface area contributed by atoms with Gasteiger partial charge < -0.3 is 9.84 Å². The summed E-state index contributed by atoms with van der Waals surface area (Å²) in [4.78, 5) is 11.4. The second-order valence-corrected chi connectivity index (χ2v) is 3.34. The Morgan fingerprint density at radius 1 is 1.62 bits per heavy atom. The molecular formula is C9H11N5O2. The van der Waals surface area contributed by atoms with Gasteiger partial charge in [-0.1, -0.05) is 5.16 Å². The van der Waals surface area contributed by atoms with Crippen LogP contribution in [0.1, 0.15) is 17.9 Å². The minimum Gasteiger partial charge on any atom is -0.361 e. The van der Waals surface area contributed by atoms with Crippen LogP contribution in [0.3, 0.4) is 0 Å². The van der Waals surface area contributed by atoms with Gasteiger partial charge >= 0.3 is 0 Å². The fraction of sp³-hybridized carbons (Fsp3) is 0.333. The van der Waals surface area contributed by atoms with Crippen LogP contribution in [-0.4, -0.2) is 26.5 Å². The smallest absolute Gasteiger partial charge is 0.226 e. The molecule has 2 aromatic rings. The van der Waals surface area contributed by atoms with Crippen molar-refractivity contribution in [2.45, 2.75) is 19.8 Å². The molecule has 2 N–H and O–H groups in total. The van der Waals surface area contributed by atoms with Gasteiger partial charge in [0.05, 0.1) is 11.9 Å². The molecule has 84 valence electrons. The molecule has 2 aromatic heterocycles. The maximum atomic E-state index is 11.4. The number of aryl methyl sites for hydroxylation is 2. The van der Waals surface area contributed by atoms with Crippen molar-refractivity contribution in [1.82, 2.24) is 20.6 Å². The fourth-order valence-corrected chi connectivity index (χ4v) is 1.24. The highest BCUT2D eigenvalue weighted by Gasteiger charge is 2.07. The third kappa shape index (κ3) is 2.66. The first kappa shape index (κ1) is 10.3. The first-order valence-corrected chi connectivity index (χ1v) is 4.82. The molecule has 1 amide bonds. The number of carbonyl (C=O) groups excluding carboxylic acids is 1. The van der Waals surface area contributed by atoms with Crippen molar-refractivity contribution in [3.63, 3.8) is 0 Å². The number of hydrogen-bond acceptors (Lipinski definition) is 5. The zero-order chi connectivity index (χ0) is 11.4. The largest absolute Gasteiger partial charge is 0.361 e. The number of amides is 1. The van der Waals surface area contributed by atoms with Gasteiger partial charge in [0, 0.05) is 18.9 Å². The van der Waals surface area contributed by atoms with Crippen molar-refractivity contribution < 1.29 is 9.32 Å². The summed E-state index contributed by atoms with van der Waals surface area (Å²) in [7, 11) is 0. The lowest BCUT2D eigenvalue weighted by Crippen LogP contribution is -2.12. The molecule has 0 aromatic carbocycles. The highest BCUT2D eigenvalue weighted by atomic mass is 16.5. The Hall–Kier alpha value is -2.18. The van der Waals surface area contributed by atoms with E-state index in [0.29, 0.717) is 24.4 Å². The lowest BCUT2D eigenvalue weighted by Gasteiger charge is -1.98. The SMILES string of the molecule is Cc1cc(CCC(=O)Nc2cn[nH]n2)on1. The molecule has 0 saturated carbocycles. The van der Waals surface area contributed by atoms with Crippen LogP contribution in [0.5, 0.6) is 0 Å². The standard InChI is InChI=1S/C9H11N5O2/c1-6-4-7(16-13-6)2-3-9(15)11-8-5-10-14-12-8/h4-5H,2-3H2,1H3,(H2,10,11,12,14,15). The molecule has 2 heterocycles. The molecule has 0 bridgehead atoms. The van der Waals surface area contributed by atoms with Crippen molar-refractivity contribution in [2.24, 2.45) is 0 Å². The molecule has 0 atom stereocenters. The van der Waals surface area contributed by atoms with E-state index in [0.717, 1.165) is 5.69 Å². The van der Waals surface area contributed by atoms with Gasteiger partial charge in [-0.15, -0.1) is 5.10 Å². The molecule has 0 saturated heterocycles. The highest BCUT2D eigenvalue weighted by Crippen LogP contribution is 2.06. The number of aromatic amines is 1. The second-order valence-electron chi connectivity index (χ2n) is 3.34. The lowest BCUT2D eigenvalue weighted by molar-refractivity contribution is -0.116. The molecule has 0 radical (unpaired) electrons. The minimum absolute atomic E-state index is 0.136. The van der Waals surface area contributed by atoms with E-state index >= 15 is 0 Å². The number of rotatable bonds is 4. The number of carbonyl (C=O) groups is 1. The van der Waals surface area contributed by atoms with E-state index in [1.165, 1.54) is 6.20 Å². The Morgan fingerprint density at radius 3 is 3.12 bits per heavy atom. The van der Waals surface area contributed by atoms with E-state index in [1.807, 2.05) is 13.0 Å². The molecule has 0 unspecified atom stereocenters. The maximum Gasteiger partial charge on any atom is 0.226 e. The van der Waals surface area contributed by atoms with Crippen LogP contribution in [0.4, 0.5) is 5.82 Å². The van der Waals surface area contributed by atoms with E-state index < -0.39 is 0 Å². The summed E-state index contributed by atoms with van der Waals surface area (Å²) >= 11 is 0. The van der Waals surface area contributed by atoms with E-state index in [-0.39, 0.29) is 5.91 Å². The van der Waals surface area contributed by atoms with E-state index in [1.54, 1.807) is 0 Å². The summed E-state index contributed by atoms with van der Waals surface area (Å²) in [6, 6.07) is 1.81. The van der Waals surface area contributed by atoms with Crippen LogP contribution in [0, 0.1) is 6.92 Å². The quantitative estimate of drug-likeness (QED) is 0.791. The number of anilines is 1. The van der Waals surface area contributed by atoms with Crippen molar-refractivity contribution in [3.05, 3.63) is 23.7 Å². The second kappa shape index (κ2) is 4.56. The summed E-state index contributed by atoms with van der Waals surface area (Å²) < 4.78 is 4.99. The number of hydrogen-bond donors (Lipinski definition) is 2. The van der Waals surface area contributed by atoms with Crippen LogP contribution in [0.15, 0.2) is 16.8 Å². The molecule has 0 fully saturated rings. The molecule has 0 spiro atoms. The maximum absolute atomic E-state index is 11.4. The minimum atomic E-state index is -0.136. The Morgan fingerprint density at radius 2 is 2.50 bits per heavy atom. The van der Waals surface area contributed by atoms with E-state index in [9.17, 15) is 4.79 Å². The molecule has 2 rings (SSSR count). The Kier molecular flexibility index (Phi) is 2.95. The number of aromatic nitrogens is 4.